The van der Waals surface area contributed by atoms with Crippen molar-refractivity contribution in [2.45, 2.75) is 40.3 Å². The fourth-order valence-corrected chi connectivity index (χ4v) is 2.46. The zero-order valence-electron chi connectivity index (χ0n) is 13.4. The lowest BCUT2D eigenvalue weighted by Gasteiger charge is -2.32. The maximum atomic E-state index is 5.53. The summed E-state index contributed by atoms with van der Waals surface area (Å²) in [5, 5.41) is 3.54. The highest BCUT2D eigenvalue weighted by Gasteiger charge is 2.28. The standard InChI is InChI=1S/C17H24N2O2/c1-12-10-18-15(21-12)11-19-16(17(2,3)4)13-8-6-7-9-14(13)20-5/h6-10,16,19H,11H2,1-5H3/t16-/m0/s1. The molecule has 0 radical (unpaired) electrons. The number of ether oxygens (including phenoxy) is 1. The first-order chi connectivity index (χ1) is 9.91. The lowest BCUT2D eigenvalue weighted by Crippen LogP contribution is -2.32. The number of aryl methyl sites for hydroxylation is 1. The Labute approximate surface area is 126 Å². The van der Waals surface area contributed by atoms with Crippen LogP contribution >= 0.6 is 0 Å². The van der Waals surface area contributed by atoms with Gasteiger partial charge in [0.05, 0.1) is 19.9 Å². The van der Waals surface area contributed by atoms with Crippen LogP contribution in [0.2, 0.25) is 0 Å². The van der Waals surface area contributed by atoms with Gasteiger partial charge in [0.25, 0.3) is 0 Å². The first-order valence-electron chi connectivity index (χ1n) is 7.19. The summed E-state index contributed by atoms with van der Waals surface area (Å²) in [6.07, 6.45) is 1.74. The number of aromatic nitrogens is 1. The molecule has 1 atom stereocenters. The number of rotatable bonds is 5. The second-order valence-electron chi connectivity index (χ2n) is 6.29. The molecule has 0 spiro atoms. The summed E-state index contributed by atoms with van der Waals surface area (Å²) < 4.78 is 11.0. The van der Waals surface area contributed by atoms with Crippen LogP contribution in [0.1, 0.15) is 44.0 Å². The van der Waals surface area contributed by atoms with Gasteiger partial charge in [0.2, 0.25) is 5.89 Å². The molecule has 1 aromatic carbocycles. The number of hydrogen-bond donors (Lipinski definition) is 1. The maximum absolute atomic E-state index is 5.53. The molecule has 21 heavy (non-hydrogen) atoms. The van der Waals surface area contributed by atoms with Crippen LogP contribution in [0.4, 0.5) is 0 Å². The molecule has 4 nitrogen and oxygen atoms in total. The summed E-state index contributed by atoms with van der Waals surface area (Å²) in [6.45, 7) is 9.11. The van der Waals surface area contributed by atoms with Crippen molar-refractivity contribution in [2.75, 3.05) is 7.11 Å². The van der Waals surface area contributed by atoms with E-state index in [9.17, 15) is 0 Å². The van der Waals surface area contributed by atoms with Gasteiger partial charge in [-0.3, -0.25) is 0 Å². The van der Waals surface area contributed by atoms with Crippen LogP contribution in [0.15, 0.2) is 34.9 Å². The Kier molecular flexibility index (Phi) is 4.68. The fraction of sp³-hybridized carbons (Fsp3) is 0.471. The summed E-state index contributed by atoms with van der Waals surface area (Å²) in [6, 6.07) is 8.25. The molecule has 114 valence electrons. The van der Waals surface area contributed by atoms with Crippen LogP contribution in [-0.4, -0.2) is 12.1 Å². The average molecular weight is 288 g/mol. The smallest absolute Gasteiger partial charge is 0.208 e. The summed E-state index contributed by atoms with van der Waals surface area (Å²) in [5.74, 6) is 2.43. The van der Waals surface area contributed by atoms with Crippen LogP contribution in [0, 0.1) is 12.3 Å². The number of nitrogens with one attached hydrogen (secondary N) is 1. The highest BCUT2D eigenvalue weighted by molar-refractivity contribution is 5.36. The van der Waals surface area contributed by atoms with E-state index in [0.29, 0.717) is 12.4 Å². The van der Waals surface area contributed by atoms with Gasteiger partial charge < -0.3 is 14.5 Å². The summed E-state index contributed by atoms with van der Waals surface area (Å²) in [5.41, 5.74) is 1.19. The Bertz CT molecular complexity index is 584. The molecule has 0 unspecified atom stereocenters. The van der Waals surface area contributed by atoms with E-state index in [1.54, 1.807) is 13.3 Å². The van der Waals surface area contributed by atoms with Gasteiger partial charge in [-0.05, 0) is 18.4 Å². The van der Waals surface area contributed by atoms with E-state index in [0.717, 1.165) is 17.1 Å². The molecule has 4 heteroatoms. The van der Waals surface area contributed by atoms with Gasteiger partial charge in [-0.1, -0.05) is 39.0 Å². The van der Waals surface area contributed by atoms with E-state index in [4.69, 9.17) is 9.15 Å². The van der Waals surface area contributed by atoms with Gasteiger partial charge in [-0.15, -0.1) is 0 Å². The van der Waals surface area contributed by atoms with Crippen molar-refractivity contribution in [3.05, 3.63) is 47.7 Å². The van der Waals surface area contributed by atoms with Crippen LogP contribution < -0.4 is 10.1 Å². The molecule has 0 bridgehead atoms. The van der Waals surface area contributed by atoms with Crippen molar-refractivity contribution >= 4 is 0 Å². The number of oxazole rings is 1. The third kappa shape index (κ3) is 3.85. The van der Waals surface area contributed by atoms with E-state index in [1.165, 1.54) is 0 Å². The summed E-state index contributed by atoms with van der Waals surface area (Å²) in [4.78, 5) is 4.25. The lowest BCUT2D eigenvalue weighted by molar-refractivity contribution is 0.255. The highest BCUT2D eigenvalue weighted by atomic mass is 16.5. The molecule has 1 heterocycles. The predicted octanol–water partition coefficient (Wildman–Crippen LogP) is 3.87. The number of methoxy groups -OCH3 is 1. The SMILES string of the molecule is COc1ccccc1[C@H](NCc1ncc(C)o1)C(C)(C)C. The number of para-hydroxylation sites is 1. The minimum atomic E-state index is 0.0380. The molecule has 2 aromatic rings. The number of nitrogens with zero attached hydrogens (tertiary/aromatic N) is 1. The van der Waals surface area contributed by atoms with E-state index in [2.05, 4.69) is 37.1 Å². The molecule has 0 fully saturated rings. The third-order valence-corrected chi connectivity index (χ3v) is 3.44. The third-order valence-electron chi connectivity index (χ3n) is 3.44. The molecule has 0 saturated carbocycles. The average Bonchev–Trinajstić information content (AvgIpc) is 2.84. The van der Waals surface area contributed by atoms with Gasteiger partial charge in [-0.25, -0.2) is 4.98 Å². The molecule has 0 amide bonds. The Morgan fingerprint density at radius 2 is 2.00 bits per heavy atom. The highest BCUT2D eigenvalue weighted by Crippen LogP contribution is 2.37. The van der Waals surface area contributed by atoms with E-state index in [1.807, 2.05) is 25.1 Å². The second kappa shape index (κ2) is 6.31. The minimum absolute atomic E-state index is 0.0380. The molecule has 0 saturated heterocycles. The molecule has 0 aliphatic heterocycles. The Hall–Kier alpha value is -1.81. The van der Waals surface area contributed by atoms with E-state index < -0.39 is 0 Å². The monoisotopic (exact) mass is 288 g/mol. The van der Waals surface area contributed by atoms with Crippen molar-refractivity contribution in [1.29, 1.82) is 0 Å². The van der Waals surface area contributed by atoms with E-state index >= 15 is 0 Å². The molecule has 0 aliphatic rings. The van der Waals surface area contributed by atoms with Gasteiger partial charge in [0.15, 0.2) is 0 Å². The van der Waals surface area contributed by atoms with Crippen LogP contribution in [0.25, 0.3) is 0 Å². The fourth-order valence-electron chi connectivity index (χ4n) is 2.46. The van der Waals surface area contributed by atoms with E-state index in [-0.39, 0.29) is 11.5 Å². The molecule has 0 aliphatic carbocycles. The normalized spacial score (nSPS) is 13.2. The number of hydrogen-bond acceptors (Lipinski definition) is 4. The van der Waals surface area contributed by atoms with Gasteiger partial charge in [0, 0.05) is 11.6 Å². The first-order valence-corrected chi connectivity index (χ1v) is 7.19. The molecular weight excluding hydrogens is 264 g/mol. The van der Waals surface area contributed by atoms with Crippen LogP contribution in [-0.2, 0) is 6.54 Å². The van der Waals surface area contributed by atoms with Crippen molar-refractivity contribution < 1.29 is 9.15 Å². The largest absolute Gasteiger partial charge is 0.496 e. The molecular formula is C17H24N2O2. The molecule has 1 aromatic heterocycles. The van der Waals surface area contributed by atoms with Crippen LogP contribution in [0.5, 0.6) is 5.75 Å². The van der Waals surface area contributed by atoms with Crippen molar-refractivity contribution in [3.63, 3.8) is 0 Å². The van der Waals surface area contributed by atoms with Crippen molar-refractivity contribution in [2.24, 2.45) is 5.41 Å². The Balaban J connectivity index is 2.22. The molecule has 1 N–H and O–H groups in total. The summed E-state index contributed by atoms with van der Waals surface area (Å²) >= 11 is 0. The lowest BCUT2D eigenvalue weighted by atomic mass is 9.82. The Morgan fingerprint density at radius 1 is 1.29 bits per heavy atom. The quantitative estimate of drug-likeness (QED) is 0.907. The zero-order chi connectivity index (χ0) is 15.5. The second-order valence-corrected chi connectivity index (χ2v) is 6.29. The van der Waals surface area contributed by atoms with Gasteiger partial charge in [-0.2, -0.15) is 0 Å². The topological polar surface area (TPSA) is 47.3 Å². The first kappa shape index (κ1) is 15.6. The maximum Gasteiger partial charge on any atom is 0.208 e. The molecule has 2 rings (SSSR count). The van der Waals surface area contributed by atoms with Crippen molar-refractivity contribution in [3.8, 4) is 5.75 Å². The van der Waals surface area contributed by atoms with Gasteiger partial charge >= 0.3 is 0 Å². The Morgan fingerprint density at radius 3 is 2.57 bits per heavy atom. The zero-order valence-corrected chi connectivity index (χ0v) is 13.4. The van der Waals surface area contributed by atoms with Crippen molar-refractivity contribution in [1.82, 2.24) is 10.3 Å². The van der Waals surface area contributed by atoms with Crippen LogP contribution in [0.3, 0.4) is 0 Å². The predicted molar refractivity (Wildman–Crippen MR) is 83.3 cm³/mol. The van der Waals surface area contributed by atoms with Gasteiger partial charge in [0.1, 0.15) is 11.5 Å². The minimum Gasteiger partial charge on any atom is -0.496 e. The number of benzene rings is 1. The summed E-state index contributed by atoms with van der Waals surface area (Å²) in [7, 11) is 1.70.